The molecule has 0 saturated carbocycles. The van der Waals surface area contributed by atoms with Crippen molar-refractivity contribution < 1.29 is 4.74 Å². The number of rotatable bonds is 3. The summed E-state index contributed by atoms with van der Waals surface area (Å²) in [5, 5.41) is 0.756. The van der Waals surface area contributed by atoms with Crippen LogP contribution in [0.3, 0.4) is 0 Å². The van der Waals surface area contributed by atoms with Gasteiger partial charge >= 0.3 is 0 Å². The van der Waals surface area contributed by atoms with Gasteiger partial charge in [0.05, 0.1) is 11.9 Å². The summed E-state index contributed by atoms with van der Waals surface area (Å²) in [5.41, 5.74) is 8.38. The number of aromatic nitrogens is 1. The Labute approximate surface area is 112 Å². The maximum Gasteiger partial charge on any atom is 0.219 e. The minimum Gasteiger partial charge on any atom is -0.439 e. The van der Waals surface area contributed by atoms with E-state index in [1.807, 2.05) is 31.2 Å². The molecule has 1 aromatic heterocycles. The SMILES string of the molecule is CCc1cc(Oc2cc(C)c(N)cn2)ccc1Cl. The molecule has 0 amide bonds. The van der Waals surface area contributed by atoms with Crippen molar-refractivity contribution >= 4 is 17.3 Å². The van der Waals surface area contributed by atoms with Crippen LogP contribution in [0.4, 0.5) is 5.69 Å². The molecule has 1 aromatic carbocycles. The Morgan fingerprint density at radius 1 is 1.33 bits per heavy atom. The molecule has 0 aliphatic rings. The quantitative estimate of drug-likeness (QED) is 0.910. The zero-order chi connectivity index (χ0) is 13.1. The van der Waals surface area contributed by atoms with E-state index >= 15 is 0 Å². The number of pyridine rings is 1. The number of halogens is 1. The van der Waals surface area contributed by atoms with Crippen LogP contribution in [0.15, 0.2) is 30.5 Å². The summed E-state index contributed by atoms with van der Waals surface area (Å²) in [6.07, 6.45) is 2.46. The number of anilines is 1. The molecule has 2 N–H and O–H groups in total. The first-order chi connectivity index (χ1) is 8.60. The molecule has 0 fully saturated rings. The van der Waals surface area contributed by atoms with E-state index in [4.69, 9.17) is 22.1 Å². The van der Waals surface area contributed by atoms with Crippen molar-refractivity contribution in [3.05, 3.63) is 46.6 Å². The van der Waals surface area contributed by atoms with Crippen LogP contribution in [0.5, 0.6) is 11.6 Å². The van der Waals surface area contributed by atoms with E-state index in [0.29, 0.717) is 11.6 Å². The van der Waals surface area contributed by atoms with Crippen LogP contribution < -0.4 is 10.5 Å². The van der Waals surface area contributed by atoms with Crippen LogP contribution in [0.25, 0.3) is 0 Å². The van der Waals surface area contributed by atoms with E-state index in [1.54, 1.807) is 6.20 Å². The van der Waals surface area contributed by atoms with Gasteiger partial charge in [0.15, 0.2) is 0 Å². The smallest absolute Gasteiger partial charge is 0.219 e. The number of hydrogen-bond acceptors (Lipinski definition) is 3. The Bertz CT molecular complexity index is 570. The number of nitrogens with two attached hydrogens (primary N) is 1. The molecule has 0 atom stereocenters. The topological polar surface area (TPSA) is 48.1 Å². The fourth-order valence-electron chi connectivity index (χ4n) is 1.60. The lowest BCUT2D eigenvalue weighted by molar-refractivity contribution is 0.462. The molecule has 1 heterocycles. The predicted octanol–water partition coefficient (Wildman–Crippen LogP) is 3.98. The van der Waals surface area contributed by atoms with E-state index in [1.165, 1.54) is 0 Å². The summed E-state index contributed by atoms with van der Waals surface area (Å²) in [6.45, 7) is 3.97. The minimum atomic E-state index is 0.533. The normalized spacial score (nSPS) is 10.4. The number of ether oxygens (including phenoxy) is 1. The summed E-state index contributed by atoms with van der Waals surface area (Å²) < 4.78 is 5.69. The van der Waals surface area contributed by atoms with Gasteiger partial charge in [-0.1, -0.05) is 18.5 Å². The molecule has 0 saturated heterocycles. The number of benzene rings is 1. The van der Waals surface area contributed by atoms with Crippen LogP contribution >= 0.6 is 11.6 Å². The first-order valence-electron chi connectivity index (χ1n) is 5.78. The van der Waals surface area contributed by atoms with Gasteiger partial charge in [0.2, 0.25) is 5.88 Å². The third-order valence-corrected chi connectivity index (χ3v) is 3.12. The summed E-state index contributed by atoms with van der Waals surface area (Å²) >= 11 is 6.06. The van der Waals surface area contributed by atoms with Crippen molar-refractivity contribution in [2.75, 3.05) is 5.73 Å². The van der Waals surface area contributed by atoms with Gasteiger partial charge in [-0.15, -0.1) is 0 Å². The second-order valence-electron chi connectivity index (χ2n) is 4.09. The molecule has 2 aromatic rings. The van der Waals surface area contributed by atoms with Gasteiger partial charge in [0, 0.05) is 11.1 Å². The van der Waals surface area contributed by atoms with Crippen molar-refractivity contribution in [1.29, 1.82) is 0 Å². The molecule has 0 bridgehead atoms. The summed E-state index contributed by atoms with van der Waals surface area (Å²) in [4.78, 5) is 4.13. The maximum absolute atomic E-state index is 6.06. The van der Waals surface area contributed by atoms with Crippen LogP contribution in [0, 0.1) is 6.92 Å². The lowest BCUT2D eigenvalue weighted by Gasteiger charge is -2.08. The van der Waals surface area contributed by atoms with Crippen molar-refractivity contribution in [3.63, 3.8) is 0 Å². The molecule has 2 rings (SSSR count). The fourth-order valence-corrected chi connectivity index (χ4v) is 1.85. The number of nitrogen functional groups attached to an aromatic ring is 1. The number of nitrogens with zero attached hydrogens (tertiary/aromatic N) is 1. The first-order valence-corrected chi connectivity index (χ1v) is 6.16. The van der Waals surface area contributed by atoms with Crippen LogP contribution in [0.1, 0.15) is 18.1 Å². The Morgan fingerprint density at radius 2 is 2.11 bits per heavy atom. The molecular formula is C14H15ClN2O. The molecule has 3 nitrogen and oxygen atoms in total. The first kappa shape index (κ1) is 12.7. The standard InChI is InChI=1S/C14H15ClN2O/c1-3-10-7-11(4-5-12(10)15)18-14-6-9(2)13(16)8-17-14/h4-8H,3,16H2,1-2H3. The third-order valence-electron chi connectivity index (χ3n) is 2.75. The molecular weight excluding hydrogens is 248 g/mol. The third kappa shape index (κ3) is 2.74. The van der Waals surface area contributed by atoms with Crippen LogP contribution in [0.2, 0.25) is 5.02 Å². The molecule has 0 spiro atoms. The Morgan fingerprint density at radius 3 is 2.78 bits per heavy atom. The highest BCUT2D eigenvalue weighted by Gasteiger charge is 2.04. The average molecular weight is 263 g/mol. The average Bonchev–Trinajstić information content (AvgIpc) is 2.36. The zero-order valence-corrected chi connectivity index (χ0v) is 11.2. The van der Waals surface area contributed by atoms with Gasteiger partial charge in [0.25, 0.3) is 0 Å². The van der Waals surface area contributed by atoms with Crippen molar-refractivity contribution in [1.82, 2.24) is 4.98 Å². The Kier molecular flexibility index (Phi) is 3.72. The number of aryl methyl sites for hydroxylation is 2. The van der Waals surface area contributed by atoms with Crippen molar-refractivity contribution in [3.8, 4) is 11.6 Å². The predicted molar refractivity (Wildman–Crippen MR) is 74.3 cm³/mol. The molecule has 0 aliphatic carbocycles. The van der Waals surface area contributed by atoms with Crippen molar-refractivity contribution in [2.45, 2.75) is 20.3 Å². The highest BCUT2D eigenvalue weighted by molar-refractivity contribution is 6.31. The molecule has 0 aliphatic heterocycles. The molecule has 0 radical (unpaired) electrons. The van der Waals surface area contributed by atoms with Gasteiger partial charge in [-0.05, 0) is 42.7 Å². The van der Waals surface area contributed by atoms with E-state index < -0.39 is 0 Å². The van der Waals surface area contributed by atoms with E-state index in [-0.39, 0.29) is 0 Å². The summed E-state index contributed by atoms with van der Waals surface area (Å²) in [5.74, 6) is 1.26. The lowest BCUT2D eigenvalue weighted by atomic mass is 10.1. The summed E-state index contributed by atoms with van der Waals surface area (Å²) in [7, 11) is 0. The van der Waals surface area contributed by atoms with Crippen molar-refractivity contribution in [2.24, 2.45) is 0 Å². The minimum absolute atomic E-state index is 0.533. The van der Waals surface area contributed by atoms with E-state index in [0.717, 1.165) is 28.3 Å². The summed E-state index contributed by atoms with van der Waals surface area (Å²) in [6, 6.07) is 7.40. The highest BCUT2D eigenvalue weighted by Crippen LogP contribution is 2.26. The second-order valence-corrected chi connectivity index (χ2v) is 4.50. The van der Waals surface area contributed by atoms with Crippen LogP contribution in [-0.4, -0.2) is 4.98 Å². The monoisotopic (exact) mass is 262 g/mol. The van der Waals surface area contributed by atoms with E-state index in [9.17, 15) is 0 Å². The van der Waals surface area contributed by atoms with E-state index in [2.05, 4.69) is 11.9 Å². The molecule has 94 valence electrons. The fraction of sp³-hybridized carbons (Fsp3) is 0.214. The Hall–Kier alpha value is -1.74. The van der Waals surface area contributed by atoms with Crippen LogP contribution in [-0.2, 0) is 6.42 Å². The number of hydrogen-bond donors (Lipinski definition) is 1. The molecule has 0 unspecified atom stereocenters. The van der Waals surface area contributed by atoms with Gasteiger partial charge in [0.1, 0.15) is 5.75 Å². The highest BCUT2D eigenvalue weighted by atomic mass is 35.5. The lowest BCUT2D eigenvalue weighted by Crippen LogP contribution is -1.94. The zero-order valence-electron chi connectivity index (χ0n) is 10.4. The largest absolute Gasteiger partial charge is 0.439 e. The second kappa shape index (κ2) is 5.27. The van der Waals surface area contributed by atoms with Gasteiger partial charge in [-0.3, -0.25) is 0 Å². The van der Waals surface area contributed by atoms with Gasteiger partial charge in [-0.25, -0.2) is 4.98 Å². The van der Waals surface area contributed by atoms with Gasteiger partial charge < -0.3 is 10.5 Å². The Balaban J connectivity index is 2.25. The maximum atomic E-state index is 6.06. The van der Waals surface area contributed by atoms with Gasteiger partial charge in [-0.2, -0.15) is 0 Å². The molecule has 18 heavy (non-hydrogen) atoms. The molecule has 4 heteroatoms.